The number of hydrogen-bond acceptors (Lipinski definition) is 3. The summed E-state index contributed by atoms with van der Waals surface area (Å²) >= 11 is 0. The van der Waals surface area contributed by atoms with Crippen LogP contribution in [0.2, 0.25) is 0 Å². The van der Waals surface area contributed by atoms with Gasteiger partial charge in [0.15, 0.2) is 6.29 Å². The average molecular weight is 244 g/mol. The highest BCUT2D eigenvalue weighted by molar-refractivity contribution is 5.80. The van der Waals surface area contributed by atoms with Crippen LogP contribution < -0.4 is 0 Å². The Labute approximate surface area is 106 Å². The van der Waals surface area contributed by atoms with E-state index in [0.717, 1.165) is 55.9 Å². The van der Waals surface area contributed by atoms with Gasteiger partial charge < -0.3 is 9.14 Å². The molecule has 0 N–H and O–H groups in total. The van der Waals surface area contributed by atoms with Gasteiger partial charge in [0.25, 0.3) is 0 Å². The first kappa shape index (κ1) is 11.4. The van der Waals surface area contributed by atoms with Gasteiger partial charge in [-0.15, -0.1) is 0 Å². The van der Waals surface area contributed by atoms with Crippen molar-refractivity contribution < 1.29 is 9.53 Å². The molecule has 0 spiro atoms. The van der Waals surface area contributed by atoms with Gasteiger partial charge in [-0.25, -0.2) is 0 Å². The molecule has 0 aromatic carbocycles. The van der Waals surface area contributed by atoms with Crippen LogP contribution in [0.1, 0.15) is 16.1 Å². The van der Waals surface area contributed by atoms with Crippen LogP contribution in [0, 0.1) is 0 Å². The zero-order chi connectivity index (χ0) is 12.4. The molecule has 0 aliphatic carbocycles. The predicted octanol–water partition coefficient (Wildman–Crippen LogP) is 1.58. The van der Waals surface area contributed by atoms with Crippen molar-refractivity contribution in [3.05, 3.63) is 41.7 Å². The van der Waals surface area contributed by atoms with E-state index in [1.54, 1.807) is 0 Å². The van der Waals surface area contributed by atoms with Gasteiger partial charge in [0, 0.05) is 42.6 Å². The van der Waals surface area contributed by atoms with E-state index in [2.05, 4.69) is 9.30 Å². The van der Waals surface area contributed by atoms with Gasteiger partial charge in [-0.05, 0) is 18.2 Å². The molecule has 3 rings (SSSR count). The normalized spacial score (nSPS) is 17.1. The lowest BCUT2D eigenvalue weighted by atomic mass is 10.2. The van der Waals surface area contributed by atoms with Gasteiger partial charge in [-0.1, -0.05) is 6.07 Å². The van der Waals surface area contributed by atoms with Gasteiger partial charge in [-0.2, -0.15) is 0 Å². The quantitative estimate of drug-likeness (QED) is 0.769. The average Bonchev–Trinajstić information content (AvgIpc) is 2.78. The Balaban J connectivity index is 1.95. The van der Waals surface area contributed by atoms with Gasteiger partial charge in [0.05, 0.1) is 13.2 Å². The minimum absolute atomic E-state index is 0.778. The number of nitrogens with zero attached hydrogens (tertiary/aromatic N) is 2. The van der Waals surface area contributed by atoms with Crippen LogP contribution in [0.3, 0.4) is 0 Å². The van der Waals surface area contributed by atoms with Gasteiger partial charge in [0.1, 0.15) is 0 Å². The molecule has 2 aromatic rings. The summed E-state index contributed by atoms with van der Waals surface area (Å²) < 4.78 is 7.44. The minimum Gasteiger partial charge on any atom is -0.379 e. The summed E-state index contributed by atoms with van der Waals surface area (Å²) in [5, 5.41) is 0. The van der Waals surface area contributed by atoms with E-state index in [1.165, 1.54) is 0 Å². The maximum Gasteiger partial charge on any atom is 0.151 e. The van der Waals surface area contributed by atoms with Crippen LogP contribution in [0.4, 0.5) is 0 Å². The summed E-state index contributed by atoms with van der Waals surface area (Å²) in [5.74, 6) is 0. The summed E-state index contributed by atoms with van der Waals surface area (Å²) in [6, 6.07) is 7.95. The topological polar surface area (TPSA) is 34.0 Å². The number of carbonyl (C=O) groups is 1. The lowest BCUT2D eigenvalue weighted by Gasteiger charge is -2.26. The Bertz CT molecular complexity index is 556. The van der Waals surface area contributed by atoms with E-state index in [9.17, 15) is 4.79 Å². The lowest BCUT2D eigenvalue weighted by Crippen LogP contribution is -2.36. The predicted molar refractivity (Wildman–Crippen MR) is 68.9 cm³/mol. The monoisotopic (exact) mass is 244 g/mol. The SMILES string of the molecule is O=Cc1cc2ccccn2c1CN1CCOCC1. The molecule has 0 bridgehead atoms. The van der Waals surface area contributed by atoms with Gasteiger partial charge >= 0.3 is 0 Å². The van der Waals surface area contributed by atoms with Crippen molar-refractivity contribution in [1.29, 1.82) is 0 Å². The standard InChI is InChI=1S/C14H16N2O2/c17-11-12-9-13-3-1-2-4-16(13)14(12)10-15-5-7-18-8-6-15/h1-4,9,11H,5-8,10H2. The van der Waals surface area contributed by atoms with Crippen molar-refractivity contribution in [3.63, 3.8) is 0 Å². The van der Waals surface area contributed by atoms with Crippen LogP contribution in [0.25, 0.3) is 5.52 Å². The van der Waals surface area contributed by atoms with Crippen molar-refractivity contribution in [2.45, 2.75) is 6.54 Å². The van der Waals surface area contributed by atoms with Crippen molar-refractivity contribution in [2.24, 2.45) is 0 Å². The summed E-state index contributed by atoms with van der Waals surface area (Å²) in [6.07, 6.45) is 2.96. The number of rotatable bonds is 3. The highest BCUT2D eigenvalue weighted by Crippen LogP contribution is 2.17. The first-order valence-corrected chi connectivity index (χ1v) is 6.23. The Morgan fingerprint density at radius 1 is 1.28 bits per heavy atom. The fourth-order valence-electron chi connectivity index (χ4n) is 2.44. The molecular weight excluding hydrogens is 228 g/mol. The Morgan fingerprint density at radius 2 is 2.11 bits per heavy atom. The maximum atomic E-state index is 11.2. The summed E-state index contributed by atoms with van der Waals surface area (Å²) in [4.78, 5) is 13.5. The molecule has 0 unspecified atom stereocenters. The summed E-state index contributed by atoms with van der Waals surface area (Å²) in [5.41, 5.74) is 2.93. The zero-order valence-electron chi connectivity index (χ0n) is 10.2. The molecule has 4 heteroatoms. The molecule has 0 atom stereocenters. The third-order valence-corrected chi connectivity index (χ3v) is 3.42. The second kappa shape index (κ2) is 4.92. The van der Waals surface area contributed by atoms with Crippen molar-refractivity contribution in [1.82, 2.24) is 9.30 Å². The Hall–Kier alpha value is -1.65. The number of carbonyl (C=O) groups excluding carboxylic acids is 1. The summed E-state index contributed by atoms with van der Waals surface area (Å²) in [6.45, 7) is 4.21. The van der Waals surface area contributed by atoms with Crippen molar-refractivity contribution in [2.75, 3.05) is 26.3 Å². The first-order valence-electron chi connectivity index (χ1n) is 6.23. The molecule has 0 saturated carbocycles. The second-order valence-electron chi connectivity index (χ2n) is 4.55. The molecule has 18 heavy (non-hydrogen) atoms. The number of ether oxygens (including phenoxy) is 1. The van der Waals surface area contributed by atoms with E-state index in [-0.39, 0.29) is 0 Å². The summed E-state index contributed by atoms with van der Waals surface area (Å²) in [7, 11) is 0. The number of aldehydes is 1. The molecule has 3 heterocycles. The molecule has 0 amide bonds. The number of morpholine rings is 1. The molecule has 94 valence electrons. The van der Waals surface area contributed by atoms with Crippen LogP contribution in [0.15, 0.2) is 30.5 Å². The third kappa shape index (κ3) is 2.05. The number of aromatic nitrogens is 1. The van der Waals surface area contributed by atoms with Gasteiger partial charge in [0.2, 0.25) is 0 Å². The second-order valence-corrected chi connectivity index (χ2v) is 4.55. The number of pyridine rings is 1. The molecule has 1 saturated heterocycles. The van der Waals surface area contributed by atoms with Crippen LogP contribution in [0.5, 0.6) is 0 Å². The van der Waals surface area contributed by atoms with Crippen LogP contribution in [-0.2, 0) is 11.3 Å². The van der Waals surface area contributed by atoms with Crippen LogP contribution in [-0.4, -0.2) is 41.9 Å². The molecular formula is C14H16N2O2. The van der Waals surface area contributed by atoms with E-state index in [4.69, 9.17) is 4.74 Å². The van der Waals surface area contributed by atoms with Crippen molar-refractivity contribution >= 4 is 11.8 Å². The first-order chi connectivity index (χ1) is 8.88. The number of hydrogen-bond donors (Lipinski definition) is 0. The number of fused-ring (bicyclic) bond motifs is 1. The molecule has 0 radical (unpaired) electrons. The van der Waals surface area contributed by atoms with Gasteiger partial charge in [-0.3, -0.25) is 9.69 Å². The smallest absolute Gasteiger partial charge is 0.151 e. The van der Waals surface area contributed by atoms with Crippen LogP contribution >= 0.6 is 0 Å². The van der Waals surface area contributed by atoms with E-state index >= 15 is 0 Å². The van der Waals surface area contributed by atoms with E-state index < -0.39 is 0 Å². The highest BCUT2D eigenvalue weighted by Gasteiger charge is 2.15. The van der Waals surface area contributed by atoms with Crippen molar-refractivity contribution in [3.8, 4) is 0 Å². The molecule has 1 aliphatic heterocycles. The zero-order valence-corrected chi connectivity index (χ0v) is 10.2. The fourth-order valence-corrected chi connectivity index (χ4v) is 2.44. The lowest BCUT2D eigenvalue weighted by molar-refractivity contribution is 0.0335. The third-order valence-electron chi connectivity index (χ3n) is 3.42. The van der Waals surface area contributed by atoms with E-state index in [1.807, 2.05) is 30.5 Å². The molecule has 4 nitrogen and oxygen atoms in total. The minimum atomic E-state index is 0.778. The molecule has 2 aromatic heterocycles. The fraction of sp³-hybridized carbons (Fsp3) is 0.357. The molecule has 1 aliphatic rings. The van der Waals surface area contributed by atoms with E-state index in [0.29, 0.717) is 0 Å². The Kier molecular flexibility index (Phi) is 3.13. The Morgan fingerprint density at radius 3 is 2.89 bits per heavy atom. The maximum absolute atomic E-state index is 11.2. The highest BCUT2D eigenvalue weighted by atomic mass is 16.5. The molecule has 1 fully saturated rings. The largest absolute Gasteiger partial charge is 0.379 e.